The highest BCUT2D eigenvalue weighted by Gasteiger charge is 2.24. The molecule has 0 saturated heterocycles. The topological polar surface area (TPSA) is 124 Å². The van der Waals surface area contributed by atoms with Crippen molar-refractivity contribution in [3.8, 4) is 0 Å². The lowest BCUT2D eigenvalue weighted by Gasteiger charge is -2.29. The first-order valence-corrected chi connectivity index (χ1v) is 9.56. The third-order valence-corrected chi connectivity index (χ3v) is 4.99. The van der Waals surface area contributed by atoms with E-state index in [1.54, 1.807) is 0 Å². The highest BCUT2D eigenvalue weighted by Crippen LogP contribution is 2.23. The van der Waals surface area contributed by atoms with Gasteiger partial charge in [0.1, 0.15) is 6.54 Å². The zero-order valence-corrected chi connectivity index (χ0v) is 16.6. The predicted molar refractivity (Wildman–Crippen MR) is 108 cm³/mol. The third kappa shape index (κ3) is 5.21. The summed E-state index contributed by atoms with van der Waals surface area (Å²) in [5, 5.41) is 4.91. The van der Waals surface area contributed by atoms with E-state index in [9.17, 15) is 24.0 Å². The van der Waals surface area contributed by atoms with Gasteiger partial charge >= 0.3 is 23.1 Å². The molecule has 3 amide bonds. The molecule has 2 atom stereocenters. The van der Waals surface area contributed by atoms with Crippen LogP contribution in [0.15, 0.2) is 39.7 Å². The number of hydrogen-bond donors (Lipinski definition) is 2. The molecular weight excluding hydrogens is 378 g/mol. The van der Waals surface area contributed by atoms with E-state index in [4.69, 9.17) is 0 Å². The van der Waals surface area contributed by atoms with Crippen molar-refractivity contribution in [2.45, 2.75) is 58.3 Å². The second kappa shape index (κ2) is 9.85. The molecule has 0 aromatic carbocycles. The Morgan fingerprint density at radius 3 is 2.00 bits per heavy atom. The van der Waals surface area contributed by atoms with Crippen molar-refractivity contribution < 1.29 is 9.59 Å². The minimum absolute atomic E-state index is 0.0291. The van der Waals surface area contributed by atoms with Gasteiger partial charge in [-0.2, -0.15) is 0 Å². The van der Waals surface area contributed by atoms with Crippen molar-refractivity contribution in [2.24, 2.45) is 5.92 Å². The van der Waals surface area contributed by atoms with E-state index in [0.717, 1.165) is 34.8 Å². The van der Waals surface area contributed by atoms with E-state index in [1.165, 1.54) is 12.2 Å². The second-order valence-corrected chi connectivity index (χ2v) is 7.12. The Hall–Kier alpha value is -3.17. The number of imide groups is 1. The van der Waals surface area contributed by atoms with Crippen molar-refractivity contribution in [3.63, 3.8) is 0 Å². The van der Waals surface area contributed by atoms with Gasteiger partial charge in [-0.05, 0) is 18.8 Å². The van der Waals surface area contributed by atoms with Gasteiger partial charge in [-0.15, -0.1) is 13.2 Å². The molecule has 0 spiro atoms. The molecule has 1 aromatic heterocycles. The van der Waals surface area contributed by atoms with E-state index in [-0.39, 0.29) is 19.1 Å². The van der Waals surface area contributed by atoms with Crippen LogP contribution < -0.4 is 27.7 Å². The average molecular weight is 405 g/mol. The second-order valence-electron chi connectivity index (χ2n) is 7.12. The first kappa shape index (κ1) is 22.1. The van der Waals surface area contributed by atoms with Crippen LogP contribution in [0.25, 0.3) is 0 Å². The van der Waals surface area contributed by atoms with Gasteiger partial charge in [0.2, 0.25) is 5.91 Å². The largest absolute Gasteiger partial charge is 0.337 e. The number of carbonyl (C=O) groups is 2. The van der Waals surface area contributed by atoms with Crippen LogP contribution in [-0.4, -0.2) is 31.7 Å². The maximum atomic E-state index is 12.5. The van der Waals surface area contributed by atoms with Crippen LogP contribution in [0.1, 0.15) is 32.6 Å². The summed E-state index contributed by atoms with van der Waals surface area (Å²) >= 11 is 0. The lowest BCUT2D eigenvalue weighted by Crippen LogP contribution is -2.56. The average Bonchev–Trinajstić information content (AvgIpc) is 2.67. The van der Waals surface area contributed by atoms with Gasteiger partial charge in [-0.25, -0.2) is 32.9 Å². The molecule has 0 bridgehead atoms. The number of carbonyl (C=O) groups excluding carboxylic acids is 2. The van der Waals surface area contributed by atoms with Crippen LogP contribution >= 0.6 is 0 Å². The van der Waals surface area contributed by atoms with Crippen LogP contribution in [0.4, 0.5) is 4.79 Å². The van der Waals surface area contributed by atoms with E-state index < -0.39 is 35.6 Å². The molecule has 10 heteroatoms. The molecule has 0 radical (unpaired) electrons. The molecule has 2 N–H and O–H groups in total. The number of allylic oxidation sites excluding steroid dienone is 2. The fourth-order valence-corrected chi connectivity index (χ4v) is 3.43. The van der Waals surface area contributed by atoms with Crippen LogP contribution in [0.3, 0.4) is 0 Å². The lowest BCUT2D eigenvalue weighted by atomic mass is 9.86. The summed E-state index contributed by atoms with van der Waals surface area (Å²) < 4.78 is 2.18. The molecule has 2 rings (SSSR count). The Morgan fingerprint density at radius 2 is 1.48 bits per heavy atom. The van der Waals surface area contributed by atoms with Crippen LogP contribution in [0, 0.1) is 5.92 Å². The van der Waals surface area contributed by atoms with E-state index in [2.05, 4.69) is 23.8 Å². The standard InChI is InChI=1S/C19H27N5O5/c1-4-10-22-17(27)23(11-5-2)19(29)24(18(22)28)12-15(25)21-16(26)20-14-9-7-6-8-13(14)3/h4-5,13-14H,1-2,6-12H2,3H3,(H2,20,21,25,26)/t13-,14-/m1/s1. The van der Waals surface area contributed by atoms with Crippen molar-refractivity contribution in [1.82, 2.24) is 24.3 Å². The zero-order chi connectivity index (χ0) is 21.6. The maximum Gasteiger partial charge on any atom is 0.337 e. The molecule has 1 aliphatic rings. The summed E-state index contributed by atoms with van der Waals surface area (Å²) in [5.41, 5.74) is -2.71. The Balaban J connectivity index is 2.20. The Kier molecular flexibility index (Phi) is 7.52. The normalized spacial score (nSPS) is 18.7. The van der Waals surface area contributed by atoms with Crippen LogP contribution in [-0.2, 0) is 24.4 Å². The molecule has 29 heavy (non-hydrogen) atoms. The van der Waals surface area contributed by atoms with Gasteiger partial charge in [-0.1, -0.05) is 31.9 Å². The third-order valence-electron chi connectivity index (χ3n) is 4.99. The Morgan fingerprint density at radius 1 is 0.966 bits per heavy atom. The highest BCUT2D eigenvalue weighted by atomic mass is 16.2. The predicted octanol–water partition coefficient (Wildman–Crippen LogP) is -0.0518. The summed E-state index contributed by atoms with van der Waals surface area (Å²) in [5.74, 6) is -0.528. The van der Waals surface area contributed by atoms with Gasteiger partial charge in [-0.3, -0.25) is 10.1 Å². The van der Waals surface area contributed by atoms with E-state index in [1.807, 2.05) is 6.92 Å². The SMILES string of the molecule is C=CCn1c(=O)n(CC=C)c(=O)n(CC(=O)NC(=O)N[C@@H]2CCCC[C@H]2C)c1=O. The molecule has 10 nitrogen and oxygen atoms in total. The van der Waals surface area contributed by atoms with Crippen molar-refractivity contribution in [1.29, 1.82) is 0 Å². The van der Waals surface area contributed by atoms with Gasteiger partial charge in [0.05, 0.1) is 13.1 Å². The quantitative estimate of drug-likeness (QED) is 0.616. The number of urea groups is 1. The van der Waals surface area contributed by atoms with Crippen molar-refractivity contribution >= 4 is 11.9 Å². The zero-order valence-electron chi connectivity index (χ0n) is 16.6. The van der Waals surface area contributed by atoms with Crippen LogP contribution in [0.2, 0.25) is 0 Å². The fraction of sp³-hybridized carbons (Fsp3) is 0.526. The molecule has 1 heterocycles. The maximum absolute atomic E-state index is 12.5. The Bertz CT molecular complexity index is 922. The van der Waals surface area contributed by atoms with E-state index in [0.29, 0.717) is 10.5 Å². The van der Waals surface area contributed by atoms with Gasteiger partial charge in [0.25, 0.3) is 0 Å². The number of aromatic nitrogens is 3. The number of rotatable bonds is 7. The summed E-state index contributed by atoms with van der Waals surface area (Å²) in [7, 11) is 0. The molecule has 1 saturated carbocycles. The van der Waals surface area contributed by atoms with E-state index >= 15 is 0 Å². The number of nitrogens with zero attached hydrogens (tertiary/aromatic N) is 3. The molecule has 1 aliphatic carbocycles. The first-order chi connectivity index (χ1) is 13.8. The first-order valence-electron chi connectivity index (χ1n) is 9.56. The summed E-state index contributed by atoms with van der Waals surface area (Å²) in [6.45, 7) is 8.05. The lowest BCUT2D eigenvalue weighted by molar-refractivity contribution is -0.120. The monoisotopic (exact) mass is 405 g/mol. The van der Waals surface area contributed by atoms with Gasteiger partial charge in [0, 0.05) is 6.04 Å². The summed E-state index contributed by atoms with van der Waals surface area (Å²) in [4.78, 5) is 61.7. The van der Waals surface area contributed by atoms with Crippen molar-refractivity contribution in [3.05, 3.63) is 56.8 Å². The summed E-state index contributed by atoms with van der Waals surface area (Å²) in [6.07, 6.45) is 6.61. The molecule has 158 valence electrons. The fourth-order valence-electron chi connectivity index (χ4n) is 3.43. The molecule has 0 unspecified atom stereocenters. The number of hydrogen-bond acceptors (Lipinski definition) is 5. The minimum Gasteiger partial charge on any atom is -0.335 e. The Labute approximate surface area is 167 Å². The molecular formula is C19H27N5O5. The number of nitrogens with one attached hydrogen (secondary N) is 2. The van der Waals surface area contributed by atoms with Gasteiger partial charge < -0.3 is 5.32 Å². The van der Waals surface area contributed by atoms with Gasteiger partial charge in [0.15, 0.2) is 0 Å². The smallest absolute Gasteiger partial charge is 0.335 e. The minimum atomic E-state index is -0.948. The molecule has 1 fully saturated rings. The highest BCUT2D eigenvalue weighted by molar-refractivity contribution is 5.94. The van der Waals surface area contributed by atoms with Crippen molar-refractivity contribution in [2.75, 3.05) is 0 Å². The van der Waals surface area contributed by atoms with Crippen LogP contribution in [0.5, 0.6) is 0 Å². The number of amides is 3. The molecule has 0 aliphatic heterocycles. The molecule has 1 aromatic rings. The summed E-state index contributed by atoms with van der Waals surface area (Å²) in [6, 6.07) is -0.703.